The van der Waals surface area contributed by atoms with Gasteiger partial charge in [0.15, 0.2) is 5.76 Å². The van der Waals surface area contributed by atoms with E-state index in [4.69, 9.17) is 4.42 Å². The first kappa shape index (κ1) is 7.16. The Morgan fingerprint density at radius 1 is 1.33 bits per heavy atom. The van der Waals surface area contributed by atoms with E-state index in [2.05, 4.69) is 9.97 Å². The largest absolute Gasteiger partial charge is 0.460 e. The van der Waals surface area contributed by atoms with Crippen LogP contribution in [0.4, 0.5) is 0 Å². The van der Waals surface area contributed by atoms with Gasteiger partial charge in [-0.2, -0.15) is 0 Å². The van der Waals surface area contributed by atoms with E-state index in [0.29, 0.717) is 0 Å². The number of aromatic amines is 1. The van der Waals surface area contributed by atoms with Crippen LogP contribution in [0.3, 0.4) is 0 Å². The number of nitrogens with one attached hydrogen (secondary N) is 1. The van der Waals surface area contributed by atoms with Gasteiger partial charge < -0.3 is 9.40 Å². The summed E-state index contributed by atoms with van der Waals surface area (Å²) in [5.41, 5.74) is 0.931. The maximum atomic E-state index is 5.41. The van der Waals surface area contributed by atoms with E-state index in [0.717, 1.165) is 23.0 Å². The molecule has 0 radical (unpaired) electrons. The standard InChI is InChI=1S/C9H10N2O/c1-6-3-4-9(12-6)8-5-10-7(2)11-8/h3-5H,1-2H3,(H,10,11). The third kappa shape index (κ3) is 1.13. The van der Waals surface area contributed by atoms with Crippen molar-refractivity contribution in [1.82, 2.24) is 9.97 Å². The minimum Gasteiger partial charge on any atom is -0.460 e. The summed E-state index contributed by atoms with van der Waals surface area (Å²) in [6.45, 7) is 3.84. The molecule has 0 aliphatic heterocycles. The maximum absolute atomic E-state index is 5.41. The Morgan fingerprint density at radius 2 is 2.17 bits per heavy atom. The number of furan rings is 1. The Balaban J connectivity index is 2.43. The summed E-state index contributed by atoms with van der Waals surface area (Å²) in [7, 11) is 0. The fraction of sp³-hybridized carbons (Fsp3) is 0.222. The van der Waals surface area contributed by atoms with Crippen molar-refractivity contribution in [3.63, 3.8) is 0 Å². The summed E-state index contributed by atoms with van der Waals surface area (Å²) in [6.07, 6.45) is 1.77. The van der Waals surface area contributed by atoms with Crippen LogP contribution in [0.25, 0.3) is 11.5 Å². The van der Waals surface area contributed by atoms with Crippen molar-refractivity contribution < 1.29 is 4.42 Å². The molecule has 2 heterocycles. The number of hydrogen-bond donors (Lipinski definition) is 1. The van der Waals surface area contributed by atoms with Crippen molar-refractivity contribution in [1.29, 1.82) is 0 Å². The molecule has 0 saturated heterocycles. The first-order chi connectivity index (χ1) is 5.75. The van der Waals surface area contributed by atoms with E-state index >= 15 is 0 Å². The fourth-order valence-corrected chi connectivity index (χ4v) is 1.13. The topological polar surface area (TPSA) is 41.8 Å². The molecule has 0 fully saturated rings. The Morgan fingerprint density at radius 3 is 2.67 bits per heavy atom. The van der Waals surface area contributed by atoms with Gasteiger partial charge >= 0.3 is 0 Å². The first-order valence-corrected chi connectivity index (χ1v) is 3.84. The van der Waals surface area contributed by atoms with Crippen molar-refractivity contribution in [2.45, 2.75) is 13.8 Å². The zero-order valence-electron chi connectivity index (χ0n) is 7.09. The van der Waals surface area contributed by atoms with E-state index in [9.17, 15) is 0 Å². The molecule has 0 aliphatic rings. The predicted molar refractivity (Wildman–Crippen MR) is 45.8 cm³/mol. The minimum atomic E-state index is 0.841. The molecule has 12 heavy (non-hydrogen) atoms. The number of aromatic nitrogens is 2. The zero-order valence-corrected chi connectivity index (χ0v) is 7.09. The Bertz CT molecular complexity index is 348. The molecule has 0 amide bonds. The second kappa shape index (κ2) is 2.52. The molecule has 1 N–H and O–H groups in total. The lowest BCUT2D eigenvalue weighted by molar-refractivity contribution is 0.546. The van der Waals surface area contributed by atoms with Gasteiger partial charge in [-0.05, 0) is 26.0 Å². The van der Waals surface area contributed by atoms with Gasteiger partial charge in [0, 0.05) is 0 Å². The van der Waals surface area contributed by atoms with Gasteiger partial charge in [-0.3, -0.25) is 0 Å². The van der Waals surface area contributed by atoms with Gasteiger partial charge in [-0.1, -0.05) is 0 Å². The first-order valence-electron chi connectivity index (χ1n) is 3.84. The van der Waals surface area contributed by atoms with Crippen LogP contribution >= 0.6 is 0 Å². The molecule has 2 rings (SSSR count). The van der Waals surface area contributed by atoms with Gasteiger partial charge in [0.2, 0.25) is 0 Å². The third-order valence-corrected chi connectivity index (χ3v) is 1.71. The number of aryl methyl sites for hydroxylation is 2. The number of imidazole rings is 1. The van der Waals surface area contributed by atoms with Crippen LogP contribution in [-0.4, -0.2) is 9.97 Å². The van der Waals surface area contributed by atoms with Crippen molar-refractivity contribution in [2.75, 3.05) is 0 Å². The van der Waals surface area contributed by atoms with Gasteiger partial charge in [-0.15, -0.1) is 0 Å². The molecule has 0 atom stereocenters. The molecule has 2 aromatic heterocycles. The predicted octanol–water partition coefficient (Wildman–Crippen LogP) is 2.29. The molecule has 2 aromatic rings. The number of hydrogen-bond acceptors (Lipinski definition) is 2. The third-order valence-electron chi connectivity index (χ3n) is 1.71. The normalized spacial score (nSPS) is 10.5. The molecule has 3 nitrogen and oxygen atoms in total. The van der Waals surface area contributed by atoms with Crippen LogP contribution in [0.5, 0.6) is 0 Å². The van der Waals surface area contributed by atoms with Crippen LogP contribution in [0, 0.1) is 13.8 Å². The second-order valence-corrected chi connectivity index (χ2v) is 2.79. The number of H-pyrrole nitrogens is 1. The highest BCUT2D eigenvalue weighted by Gasteiger charge is 2.03. The lowest BCUT2D eigenvalue weighted by Crippen LogP contribution is -1.73. The summed E-state index contributed by atoms with van der Waals surface area (Å²) in [5.74, 6) is 2.66. The van der Waals surface area contributed by atoms with Crippen LogP contribution in [0.2, 0.25) is 0 Å². The molecule has 0 spiro atoms. The Labute approximate surface area is 70.4 Å². The highest BCUT2D eigenvalue weighted by molar-refractivity contribution is 5.51. The zero-order chi connectivity index (χ0) is 8.55. The lowest BCUT2D eigenvalue weighted by atomic mass is 10.3. The summed E-state index contributed by atoms with van der Waals surface area (Å²) in [4.78, 5) is 7.19. The van der Waals surface area contributed by atoms with Gasteiger partial charge in [0.25, 0.3) is 0 Å². The Kier molecular flexibility index (Phi) is 1.50. The summed E-state index contributed by atoms with van der Waals surface area (Å²) < 4.78 is 5.41. The molecule has 3 heteroatoms. The number of nitrogens with zero attached hydrogens (tertiary/aromatic N) is 1. The summed E-state index contributed by atoms with van der Waals surface area (Å²) in [6, 6.07) is 3.87. The molecule has 0 unspecified atom stereocenters. The van der Waals surface area contributed by atoms with Gasteiger partial charge in [0.1, 0.15) is 17.3 Å². The number of rotatable bonds is 1. The SMILES string of the molecule is Cc1ncc(-c2ccc(C)o2)[nH]1. The molecule has 0 bridgehead atoms. The molecule has 0 aliphatic carbocycles. The van der Waals surface area contributed by atoms with Crippen molar-refractivity contribution in [2.24, 2.45) is 0 Å². The highest BCUT2D eigenvalue weighted by atomic mass is 16.3. The molecular formula is C9H10N2O. The van der Waals surface area contributed by atoms with Crippen LogP contribution in [-0.2, 0) is 0 Å². The van der Waals surface area contributed by atoms with E-state index < -0.39 is 0 Å². The average molecular weight is 162 g/mol. The van der Waals surface area contributed by atoms with Gasteiger partial charge in [-0.25, -0.2) is 4.98 Å². The quantitative estimate of drug-likeness (QED) is 0.699. The molecule has 0 aromatic carbocycles. The monoisotopic (exact) mass is 162 g/mol. The van der Waals surface area contributed by atoms with Crippen molar-refractivity contribution in [3.8, 4) is 11.5 Å². The molecule has 0 saturated carbocycles. The van der Waals surface area contributed by atoms with E-state index in [1.54, 1.807) is 6.20 Å². The molecule has 62 valence electrons. The van der Waals surface area contributed by atoms with E-state index in [-0.39, 0.29) is 0 Å². The smallest absolute Gasteiger partial charge is 0.152 e. The highest BCUT2D eigenvalue weighted by Crippen LogP contribution is 2.19. The minimum absolute atomic E-state index is 0.841. The summed E-state index contributed by atoms with van der Waals surface area (Å²) in [5, 5.41) is 0. The van der Waals surface area contributed by atoms with Crippen molar-refractivity contribution >= 4 is 0 Å². The average Bonchev–Trinajstić information content (AvgIpc) is 2.58. The van der Waals surface area contributed by atoms with Crippen molar-refractivity contribution in [3.05, 3.63) is 29.9 Å². The Hall–Kier alpha value is -1.51. The lowest BCUT2D eigenvalue weighted by Gasteiger charge is -1.88. The fourth-order valence-electron chi connectivity index (χ4n) is 1.13. The van der Waals surface area contributed by atoms with E-state index in [1.165, 1.54) is 0 Å². The van der Waals surface area contributed by atoms with Crippen LogP contribution < -0.4 is 0 Å². The second-order valence-electron chi connectivity index (χ2n) is 2.79. The van der Waals surface area contributed by atoms with Crippen LogP contribution in [0.1, 0.15) is 11.6 Å². The maximum Gasteiger partial charge on any atom is 0.152 e. The van der Waals surface area contributed by atoms with E-state index in [1.807, 2.05) is 26.0 Å². The van der Waals surface area contributed by atoms with Gasteiger partial charge in [0.05, 0.1) is 6.20 Å². The summed E-state index contributed by atoms with van der Waals surface area (Å²) >= 11 is 0. The van der Waals surface area contributed by atoms with Crippen LogP contribution in [0.15, 0.2) is 22.7 Å². The molecular weight excluding hydrogens is 152 g/mol.